The van der Waals surface area contributed by atoms with Crippen LogP contribution in [0.2, 0.25) is 0 Å². The molecule has 3 heterocycles. The van der Waals surface area contributed by atoms with Crippen LogP contribution in [0.3, 0.4) is 0 Å². The van der Waals surface area contributed by atoms with Gasteiger partial charge in [0.1, 0.15) is 5.82 Å². The molecule has 7 nitrogen and oxygen atoms in total. The van der Waals surface area contributed by atoms with E-state index in [1.54, 1.807) is 10.6 Å². The maximum absolute atomic E-state index is 13.3. The maximum atomic E-state index is 13.3. The molecule has 4 aromatic rings. The highest BCUT2D eigenvalue weighted by Crippen LogP contribution is 2.26. The van der Waals surface area contributed by atoms with Crippen molar-refractivity contribution in [3.8, 4) is 0 Å². The number of benzene rings is 1. The third kappa shape index (κ3) is 3.37. The van der Waals surface area contributed by atoms with Gasteiger partial charge >= 0.3 is 0 Å². The van der Waals surface area contributed by atoms with Crippen molar-refractivity contribution >= 4 is 50.1 Å². The number of carbonyl (C=O) groups is 1. The molecule has 138 valence electrons. The molecule has 0 saturated heterocycles. The number of nitrogens with one attached hydrogen (secondary N) is 1. The fourth-order valence-corrected chi connectivity index (χ4v) is 4.05. The topological polar surface area (TPSA) is 85.1 Å². The number of amides is 1. The fourth-order valence-electron chi connectivity index (χ4n) is 2.81. The largest absolute Gasteiger partial charge is 0.302 e. The van der Waals surface area contributed by atoms with Gasteiger partial charge in [0.15, 0.2) is 5.13 Å². The van der Waals surface area contributed by atoms with Crippen LogP contribution < -0.4 is 5.32 Å². The molecule has 0 aliphatic carbocycles. The predicted molar refractivity (Wildman–Crippen MR) is 104 cm³/mol. The Labute approximate surface area is 162 Å². The summed E-state index contributed by atoms with van der Waals surface area (Å²) in [7, 11) is 0. The molecule has 3 aromatic heterocycles. The molecule has 1 aromatic carbocycles. The molecular formula is C17H15FN6OS2. The second-order valence-corrected chi connectivity index (χ2v) is 7.73. The molecular weight excluding hydrogens is 387 g/mol. The Bertz CT molecular complexity index is 1190. The van der Waals surface area contributed by atoms with E-state index in [0.29, 0.717) is 26.3 Å². The van der Waals surface area contributed by atoms with Gasteiger partial charge in [-0.25, -0.2) is 18.9 Å². The van der Waals surface area contributed by atoms with Crippen molar-refractivity contribution in [1.82, 2.24) is 24.6 Å². The van der Waals surface area contributed by atoms with Gasteiger partial charge in [0.25, 0.3) is 5.78 Å². The second kappa shape index (κ2) is 6.86. The summed E-state index contributed by atoms with van der Waals surface area (Å²) in [6.07, 6.45) is 2.04. The summed E-state index contributed by atoms with van der Waals surface area (Å²) in [6.45, 7) is 3.74. The molecule has 4 rings (SSSR count). The number of carbonyl (C=O) groups excluding carboxylic acids is 1. The number of hydrogen-bond donors (Lipinski definition) is 1. The molecule has 0 saturated carbocycles. The Morgan fingerprint density at radius 1 is 1.30 bits per heavy atom. The normalized spacial score (nSPS) is 11.4. The highest BCUT2D eigenvalue weighted by Gasteiger charge is 2.17. The van der Waals surface area contributed by atoms with Gasteiger partial charge < -0.3 is 5.32 Å². The number of thiazole rings is 1. The second-order valence-electron chi connectivity index (χ2n) is 5.93. The highest BCUT2D eigenvalue weighted by molar-refractivity contribution is 7.98. The van der Waals surface area contributed by atoms with Crippen LogP contribution in [0.5, 0.6) is 0 Å². The minimum Gasteiger partial charge on any atom is -0.302 e. The minimum atomic E-state index is -0.327. The van der Waals surface area contributed by atoms with Crippen molar-refractivity contribution in [2.24, 2.45) is 0 Å². The van der Waals surface area contributed by atoms with E-state index >= 15 is 0 Å². The molecule has 0 spiro atoms. The summed E-state index contributed by atoms with van der Waals surface area (Å²) >= 11 is 2.68. The Kier molecular flexibility index (Phi) is 4.52. The van der Waals surface area contributed by atoms with Crippen LogP contribution in [-0.4, -0.2) is 36.7 Å². The zero-order valence-electron chi connectivity index (χ0n) is 14.8. The van der Waals surface area contributed by atoms with Crippen LogP contribution in [0.15, 0.2) is 23.4 Å². The Hall–Kier alpha value is -2.59. The summed E-state index contributed by atoms with van der Waals surface area (Å²) in [4.78, 5) is 25.6. The van der Waals surface area contributed by atoms with E-state index in [9.17, 15) is 9.18 Å². The predicted octanol–water partition coefficient (Wildman–Crippen LogP) is 3.39. The quantitative estimate of drug-likeness (QED) is 0.527. The summed E-state index contributed by atoms with van der Waals surface area (Å²) < 4.78 is 15.7. The molecule has 0 bridgehead atoms. The van der Waals surface area contributed by atoms with E-state index in [-0.39, 0.29) is 18.1 Å². The lowest BCUT2D eigenvalue weighted by Gasteiger charge is -2.09. The monoisotopic (exact) mass is 402 g/mol. The summed E-state index contributed by atoms with van der Waals surface area (Å²) in [5.74, 6) is -0.0223. The molecule has 10 heteroatoms. The van der Waals surface area contributed by atoms with Gasteiger partial charge in [-0.2, -0.15) is 4.98 Å². The molecule has 27 heavy (non-hydrogen) atoms. The van der Waals surface area contributed by atoms with Gasteiger partial charge in [0, 0.05) is 17.0 Å². The standard InChI is InChI=1S/C17H15FN6OS2/c1-8-11(9(2)24-15(19-8)22-17(23-24)26-3)7-14(25)21-16-20-12-5-4-10(18)6-13(12)27-16/h4-6H,7H2,1-3H3,(H,20,21,25). The van der Waals surface area contributed by atoms with E-state index in [0.717, 1.165) is 17.0 Å². The smallest absolute Gasteiger partial charge is 0.253 e. The van der Waals surface area contributed by atoms with Crippen molar-refractivity contribution in [1.29, 1.82) is 0 Å². The number of aryl methyl sites for hydroxylation is 2. The first-order valence-corrected chi connectivity index (χ1v) is 10.1. The first-order chi connectivity index (χ1) is 12.9. The lowest BCUT2D eigenvalue weighted by molar-refractivity contribution is -0.115. The molecule has 0 aliphatic heterocycles. The zero-order chi connectivity index (χ0) is 19.1. The van der Waals surface area contributed by atoms with Crippen molar-refractivity contribution < 1.29 is 9.18 Å². The van der Waals surface area contributed by atoms with Crippen molar-refractivity contribution in [2.75, 3.05) is 11.6 Å². The number of rotatable bonds is 4. The Balaban J connectivity index is 1.59. The van der Waals surface area contributed by atoms with E-state index in [2.05, 4.69) is 25.4 Å². The van der Waals surface area contributed by atoms with Crippen LogP contribution in [0.1, 0.15) is 17.0 Å². The third-order valence-corrected chi connectivity index (χ3v) is 5.62. The summed E-state index contributed by atoms with van der Waals surface area (Å²) in [5, 5.41) is 8.25. The lowest BCUT2D eigenvalue weighted by Crippen LogP contribution is -2.17. The van der Waals surface area contributed by atoms with E-state index < -0.39 is 0 Å². The van der Waals surface area contributed by atoms with E-state index in [1.165, 1.54) is 35.2 Å². The van der Waals surface area contributed by atoms with Gasteiger partial charge in [-0.1, -0.05) is 23.1 Å². The van der Waals surface area contributed by atoms with Gasteiger partial charge in [-0.3, -0.25) is 4.79 Å². The lowest BCUT2D eigenvalue weighted by atomic mass is 10.1. The molecule has 1 N–H and O–H groups in total. The number of fused-ring (bicyclic) bond motifs is 2. The van der Waals surface area contributed by atoms with E-state index in [1.807, 2.05) is 20.1 Å². The van der Waals surface area contributed by atoms with Crippen LogP contribution in [0, 0.1) is 19.7 Å². The molecule has 0 aliphatic rings. The van der Waals surface area contributed by atoms with E-state index in [4.69, 9.17) is 0 Å². The number of anilines is 1. The molecule has 0 unspecified atom stereocenters. The molecule has 1 amide bonds. The number of nitrogens with zero attached hydrogens (tertiary/aromatic N) is 5. The first kappa shape index (κ1) is 17.8. The zero-order valence-corrected chi connectivity index (χ0v) is 16.4. The molecule has 0 fully saturated rings. The number of thioether (sulfide) groups is 1. The van der Waals surface area contributed by atoms with Crippen LogP contribution in [0.4, 0.5) is 9.52 Å². The summed E-state index contributed by atoms with van der Waals surface area (Å²) in [6, 6.07) is 4.35. The number of hydrogen-bond acceptors (Lipinski definition) is 7. The van der Waals surface area contributed by atoms with Gasteiger partial charge in [0.05, 0.1) is 16.6 Å². The number of aromatic nitrogens is 5. The van der Waals surface area contributed by atoms with Gasteiger partial charge in [-0.05, 0) is 38.3 Å². The third-order valence-electron chi connectivity index (χ3n) is 4.15. The Morgan fingerprint density at radius 2 is 2.11 bits per heavy atom. The SMILES string of the molecule is CSc1nc2nc(C)c(CC(=O)Nc3nc4ccc(F)cc4s3)c(C)n2n1. The first-order valence-electron chi connectivity index (χ1n) is 8.07. The molecule has 0 atom stereocenters. The summed E-state index contributed by atoms with van der Waals surface area (Å²) in [5.41, 5.74) is 3.01. The number of halogens is 1. The van der Waals surface area contributed by atoms with Crippen LogP contribution in [0.25, 0.3) is 16.0 Å². The van der Waals surface area contributed by atoms with Crippen LogP contribution in [-0.2, 0) is 11.2 Å². The van der Waals surface area contributed by atoms with Gasteiger partial charge in [-0.15, -0.1) is 5.10 Å². The maximum Gasteiger partial charge on any atom is 0.253 e. The highest BCUT2D eigenvalue weighted by atomic mass is 32.2. The Morgan fingerprint density at radius 3 is 2.89 bits per heavy atom. The van der Waals surface area contributed by atoms with Crippen molar-refractivity contribution in [3.05, 3.63) is 41.0 Å². The van der Waals surface area contributed by atoms with Gasteiger partial charge in [0.2, 0.25) is 11.1 Å². The average Bonchev–Trinajstić information content (AvgIpc) is 3.21. The van der Waals surface area contributed by atoms with Crippen molar-refractivity contribution in [2.45, 2.75) is 25.4 Å². The van der Waals surface area contributed by atoms with Crippen LogP contribution >= 0.6 is 23.1 Å². The fraction of sp³-hybridized carbons (Fsp3) is 0.235. The molecule has 0 radical (unpaired) electrons. The average molecular weight is 402 g/mol. The minimum absolute atomic E-state index is 0.138. The van der Waals surface area contributed by atoms with Crippen molar-refractivity contribution in [3.63, 3.8) is 0 Å².